The van der Waals surface area contributed by atoms with Crippen LogP contribution in [-0.4, -0.2) is 12.3 Å². The summed E-state index contributed by atoms with van der Waals surface area (Å²) in [6, 6.07) is 0. The van der Waals surface area contributed by atoms with Crippen LogP contribution in [0.1, 0.15) is 13.3 Å². The van der Waals surface area contributed by atoms with E-state index in [1.54, 1.807) is 0 Å². The van der Waals surface area contributed by atoms with E-state index in [9.17, 15) is 17.6 Å². The van der Waals surface area contributed by atoms with Gasteiger partial charge in [0.1, 0.15) is 6.17 Å². The maximum Gasteiger partial charge on any atom is 0.416 e. The third-order valence-corrected chi connectivity index (χ3v) is 1.73. The fourth-order valence-electron chi connectivity index (χ4n) is 1.10. The molecule has 0 saturated heterocycles. The maximum absolute atomic E-state index is 12.5. The summed E-state index contributed by atoms with van der Waals surface area (Å²) in [5, 5.41) is 0. The summed E-state index contributed by atoms with van der Waals surface area (Å²) in [4.78, 5) is 0. The zero-order valence-corrected chi connectivity index (χ0v) is 6.45. The number of halogens is 4. The van der Waals surface area contributed by atoms with Gasteiger partial charge in [-0.1, -0.05) is 6.08 Å². The Morgan fingerprint density at radius 2 is 2.00 bits per heavy atom. The normalized spacial score (nSPS) is 24.9. The third kappa shape index (κ3) is 1.87. The summed E-state index contributed by atoms with van der Waals surface area (Å²) >= 11 is 0. The van der Waals surface area contributed by atoms with Crippen LogP contribution in [-0.2, 0) is 0 Å². The molecule has 1 atom stereocenters. The topological polar surface area (TPSA) is 0 Å². The highest BCUT2D eigenvalue weighted by Crippen LogP contribution is 2.34. The van der Waals surface area contributed by atoms with Crippen molar-refractivity contribution in [1.29, 1.82) is 0 Å². The van der Waals surface area contributed by atoms with E-state index in [0.29, 0.717) is 6.08 Å². The molecule has 0 heterocycles. The molecular weight excluding hydrogens is 172 g/mol. The van der Waals surface area contributed by atoms with Gasteiger partial charge in [-0.2, -0.15) is 13.2 Å². The van der Waals surface area contributed by atoms with Gasteiger partial charge in [0.2, 0.25) is 0 Å². The molecule has 4 heteroatoms. The zero-order chi connectivity index (χ0) is 9.35. The van der Waals surface area contributed by atoms with E-state index in [1.165, 1.54) is 13.0 Å². The highest BCUT2D eigenvalue weighted by molar-refractivity contribution is 5.37. The Morgan fingerprint density at radius 3 is 2.42 bits per heavy atom. The maximum atomic E-state index is 12.5. The predicted molar refractivity (Wildman–Crippen MR) is 37.4 cm³/mol. The van der Waals surface area contributed by atoms with Gasteiger partial charge in [0.15, 0.2) is 0 Å². The van der Waals surface area contributed by atoms with Gasteiger partial charge in [-0.15, -0.1) is 0 Å². The van der Waals surface area contributed by atoms with E-state index >= 15 is 0 Å². The first-order valence-corrected chi connectivity index (χ1v) is 3.51. The van der Waals surface area contributed by atoms with Crippen LogP contribution in [0.2, 0.25) is 0 Å². The van der Waals surface area contributed by atoms with E-state index in [1.807, 2.05) is 0 Å². The van der Waals surface area contributed by atoms with Gasteiger partial charge in [0.25, 0.3) is 0 Å². The molecule has 0 N–H and O–H groups in total. The fourth-order valence-corrected chi connectivity index (χ4v) is 1.10. The SMILES string of the molecule is CC1=CCC(F)C=C1C(F)(F)F. The summed E-state index contributed by atoms with van der Waals surface area (Å²) in [7, 11) is 0. The second-order valence-electron chi connectivity index (χ2n) is 2.72. The first-order valence-electron chi connectivity index (χ1n) is 3.51. The lowest BCUT2D eigenvalue weighted by molar-refractivity contribution is -0.0902. The molecule has 0 radical (unpaired) electrons. The van der Waals surface area contributed by atoms with E-state index in [2.05, 4.69) is 0 Å². The first-order chi connectivity index (χ1) is 5.41. The van der Waals surface area contributed by atoms with Gasteiger partial charge >= 0.3 is 6.18 Å². The van der Waals surface area contributed by atoms with Crippen molar-refractivity contribution in [1.82, 2.24) is 0 Å². The van der Waals surface area contributed by atoms with Crippen LogP contribution in [0.3, 0.4) is 0 Å². The van der Waals surface area contributed by atoms with E-state index in [-0.39, 0.29) is 12.0 Å². The van der Waals surface area contributed by atoms with E-state index < -0.39 is 17.9 Å². The Balaban J connectivity index is 2.94. The molecule has 0 aliphatic heterocycles. The second kappa shape index (κ2) is 2.92. The number of hydrogen-bond acceptors (Lipinski definition) is 0. The van der Waals surface area contributed by atoms with Crippen LogP contribution in [0, 0.1) is 0 Å². The van der Waals surface area contributed by atoms with Crippen molar-refractivity contribution in [3.8, 4) is 0 Å². The zero-order valence-electron chi connectivity index (χ0n) is 6.45. The molecule has 0 spiro atoms. The van der Waals surface area contributed by atoms with Crippen LogP contribution in [0.4, 0.5) is 17.6 Å². The number of alkyl halides is 4. The van der Waals surface area contributed by atoms with Gasteiger partial charge < -0.3 is 0 Å². The van der Waals surface area contributed by atoms with Crippen molar-refractivity contribution in [2.24, 2.45) is 0 Å². The highest BCUT2D eigenvalue weighted by Gasteiger charge is 2.36. The van der Waals surface area contributed by atoms with Gasteiger partial charge in [-0.25, -0.2) is 4.39 Å². The van der Waals surface area contributed by atoms with Crippen molar-refractivity contribution in [3.63, 3.8) is 0 Å². The van der Waals surface area contributed by atoms with Gasteiger partial charge in [-0.3, -0.25) is 0 Å². The Kier molecular flexibility index (Phi) is 2.26. The third-order valence-electron chi connectivity index (χ3n) is 1.73. The fraction of sp³-hybridized carbons (Fsp3) is 0.500. The lowest BCUT2D eigenvalue weighted by Crippen LogP contribution is -2.17. The second-order valence-corrected chi connectivity index (χ2v) is 2.72. The molecule has 1 unspecified atom stereocenters. The predicted octanol–water partition coefficient (Wildman–Crippen LogP) is 3.16. The molecule has 0 fully saturated rings. The summed E-state index contributed by atoms with van der Waals surface area (Å²) in [6.45, 7) is 1.34. The number of hydrogen-bond donors (Lipinski definition) is 0. The summed E-state index contributed by atoms with van der Waals surface area (Å²) in [5.41, 5.74) is -0.738. The largest absolute Gasteiger partial charge is 0.416 e. The minimum absolute atomic E-state index is 0.0470. The Hall–Kier alpha value is -0.800. The van der Waals surface area contributed by atoms with Crippen molar-refractivity contribution in [3.05, 3.63) is 23.3 Å². The lowest BCUT2D eigenvalue weighted by Gasteiger charge is -2.17. The standard InChI is InChI=1S/C8H8F4/c1-5-2-3-6(9)4-7(5)8(10,11)12/h2,4,6H,3H2,1H3. The van der Waals surface area contributed by atoms with Crippen LogP contribution in [0.25, 0.3) is 0 Å². The molecule has 0 bridgehead atoms. The van der Waals surface area contributed by atoms with Crippen molar-refractivity contribution in [2.75, 3.05) is 0 Å². The van der Waals surface area contributed by atoms with Gasteiger partial charge in [0.05, 0.1) is 5.57 Å². The minimum atomic E-state index is -4.43. The highest BCUT2D eigenvalue weighted by atomic mass is 19.4. The summed E-state index contributed by atoms with van der Waals surface area (Å²) in [6.07, 6.45) is -3.97. The molecule has 0 nitrogen and oxygen atoms in total. The molecular formula is C8H8F4. The van der Waals surface area contributed by atoms with E-state index in [4.69, 9.17) is 0 Å². The van der Waals surface area contributed by atoms with Crippen molar-refractivity contribution in [2.45, 2.75) is 25.7 Å². The minimum Gasteiger partial charge on any atom is -0.243 e. The molecule has 68 valence electrons. The van der Waals surface area contributed by atoms with Crippen LogP contribution in [0.15, 0.2) is 23.3 Å². The van der Waals surface area contributed by atoms with Gasteiger partial charge in [0, 0.05) is 6.42 Å². The molecule has 0 aromatic carbocycles. The Morgan fingerprint density at radius 1 is 1.42 bits per heavy atom. The molecule has 1 rings (SSSR count). The number of allylic oxidation sites excluding steroid dienone is 4. The van der Waals surface area contributed by atoms with Crippen molar-refractivity contribution < 1.29 is 17.6 Å². The molecule has 0 amide bonds. The van der Waals surface area contributed by atoms with Crippen LogP contribution in [0.5, 0.6) is 0 Å². The van der Waals surface area contributed by atoms with Gasteiger partial charge in [-0.05, 0) is 18.6 Å². The molecule has 1 aliphatic carbocycles. The number of rotatable bonds is 0. The average molecular weight is 180 g/mol. The Bertz CT molecular complexity index is 234. The van der Waals surface area contributed by atoms with E-state index in [0.717, 1.165) is 0 Å². The monoisotopic (exact) mass is 180 g/mol. The average Bonchev–Trinajstić information content (AvgIpc) is 1.92. The first kappa shape index (κ1) is 9.29. The molecule has 0 aromatic rings. The Labute approximate surface area is 67.6 Å². The van der Waals surface area contributed by atoms with Crippen LogP contribution < -0.4 is 0 Å². The summed E-state index contributed by atoms with van der Waals surface area (Å²) in [5.74, 6) is 0. The molecule has 12 heavy (non-hydrogen) atoms. The lowest BCUT2D eigenvalue weighted by atomic mass is 9.98. The quantitative estimate of drug-likeness (QED) is 0.502. The molecule has 0 saturated carbocycles. The summed E-state index contributed by atoms with van der Waals surface area (Å²) < 4.78 is 48.8. The molecule has 0 aromatic heterocycles. The molecule has 1 aliphatic rings. The smallest absolute Gasteiger partial charge is 0.243 e. The van der Waals surface area contributed by atoms with Crippen LogP contribution >= 0.6 is 0 Å². The van der Waals surface area contributed by atoms with Crippen molar-refractivity contribution >= 4 is 0 Å².